The molecule has 0 aliphatic heterocycles. The molecule has 3 rings (SSSR count). The number of nitrogens with zero attached hydrogens (tertiary/aromatic N) is 3. The van der Waals surface area contributed by atoms with Gasteiger partial charge in [-0.05, 0) is 37.9 Å². The van der Waals surface area contributed by atoms with Crippen LogP contribution < -0.4 is 5.32 Å². The molecule has 0 fully saturated rings. The van der Waals surface area contributed by atoms with Crippen molar-refractivity contribution in [2.75, 3.05) is 7.05 Å². The molecule has 0 aliphatic carbocycles. The first kappa shape index (κ1) is 13.2. The molecule has 3 aromatic heterocycles. The van der Waals surface area contributed by atoms with Gasteiger partial charge in [-0.1, -0.05) is 5.16 Å². The van der Waals surface area contributed by atoms with Crippen LogP contribution in [0, 0.1) is 0 Å². The number of rotatable bonds is 5. The van der Waals surface area contributed by atoms with Crippen molar-refractivity contribution in [3.05, 3.63) is 29.6 Å². The van der Waals surface area contributed by atoms with E-state index in [9.17, 15) is 0 Å². The highest BCUT2D eigenvalue weighted by Gasteiger charge is 2.11. The van der Waals surface area contributed by atoms with Crippen LogP contribution in [0.3, 0.4) is 0 Å². The lowest BCUT2D eigenvalue weighted by Crippen LogP contribution is -2.21. The summed E-state index contributed by atoms with van der Waals surface area (Å²) in [7, 11) is 1.95. The molecule has 0 aliphatic rings. The predicted molar refractivity (Wildman–Crippen MR) is 79.8 cm³/mol. The summed E-state index contributed by atoms with van der Waals surface area (Å²) in [4.78, 5) is 8.83. The van der Waals surface area contributed by atoms with Gasteiger partial charge in [0.25, 0.3) is 0 Å². The van der Waals surface area contributed by atoms with Crippen molar-refractivity contribution in [1.29, 1.82) is 0 Å². The normalized spacial score (nSPS) is 12.9. The molecule has 0 bridgehead atoms. The van der Waals surface area contributed by atoms with Crippen LogP contribution in [-0.4, -0.2) is 28.2 Å². The van der Waals surface area contributed by atoms with E-state index in [0.29, 0.717) is 17.8 Å². The van der Waals surface area contributed by atoms with Crippen LogP contribution >= 0.6 is 11.3 Å². The number of aryl methyl sites for hydroxylation is 1. The van der Waals surface area contributed by atoms with Crippen LogP contribution in [0.4, 0.5) is 0 Å². The maximum atomic E-state index is 5.29. The molecular weight excluding hydrogens is 272 g/mol. The first-order valence-electron chi connectivity index (χ1n) is 6.60. The first-order valence-corrected chi connectivity index (χ1v) is 7.47. The van der Waals surface area contributed by atoms with Gasteiger partial charge < -0.3 is 9.84 Å². The summed E-state index contributed by atoms with van der Waals surface area (Å²) in [5, 5.41) is 9.26. The minimum atomic E-state index is 0.439. The van der Waals surface area contributed by atoms with E-state index in [1.54, 1.807) is 17.5 Å². The highest BCUT2D eigenvalue weighted by molar-refractivity contribution is 7.17. The summed E-state index contributed by atoms with van der Waals surface area (Å²) in [5.41, 5.74) is 1.90. The third-order valence-corrected chi connectivity index (χ3v) is 4.17. The smallest absolute Gasteiger partial charge is 0.227 e. The summed E-state index contributed by atoms with van der Waals surface area (Å²) < 4.78 is 6.43. The largest absolute Gasteiger partial charge is 0.339 e. The van der Waals surface area contributed by atoms with Gasteiger partial charge in [0, 0.05) is 24.2 Å². The summed E-state index contributed by atoms with van der Waals surface area (Å²) in [5.74, 6) is 1.29. The molecule has 104 valence electrons. The lowest BCUT2D eigenvalue weighted by molar-refractivity contribution is 0.369. The molecule has 3 heterocycles. The zero-order chi connectivity index (χ0) is 13.9. The quantitative estimate of drug-likeness (QED) is 0.782. The lowest BCUT2D eigenvalue weighted by atomic mass is 10.2. The van der Waals surface area contributed by atoms with Crippen molar-refractivity contribution >= 4 is 21.6 Å². The minimum absolute atomic E-state index is 0.439. The Bertz CT molecular complexity index is 706. The Kier molecular flexibility index (Phi) is 3.75. The van der Waals surface area contributed by atoms with E-state index in [1.165, 1.54) is 0 Å². The molecule has 0 amide bonds. The van der Waals surface area contributed by atoms with Gasteiger partial charge in [-0.3, -0.25) is 4.98 Å². The van der Waals surface area contributed by atoms with Gasteiger partial charge in [0.15, 0.2) is 0 Å². The number of pyridine rings is 1. The minimum Gasteiger partial charge on any atom is -0.339 e. The fraction of sp³-hybridized carbons (Fsp3) is 0.357. The Balaban J connectivity index is 1.78. The van der Waals surface area contributed by atoms with Gasteiger partial charge in [0.1, 0.15) is 0 Å². The van der Waals surface area contributed by atoms with Crippen molar-refractivity contribution in [2.45, 2.75) is 25.8 Å². The van der Waals surface area contributed by atoms with Gasteiger partial charge in [-0.25, -0.2) is 0 Å². The van der Waals surface area contributed by atoms with Crippen molar-refractivity contribution < 1.29 is 4.52 Å². The summed E-state index contributed by atoms with van der Waals surface area (Å²) >= 11 is 1.66. The Morgan fingerprint density at radius 2 is 2.35 bits per heavy atom. The zero-order valence-corrected chi connectivity index (χ0v) is 12.3. The van der Waals surface area contributed by atoms with Crippen LogP contribution in [0.15, 0.2) is 28.2 Å². The molecular formula is C14H16N4OS. The molecule has 0 radical (unpaired) electrons. The SMILES string of the molecule is CNC(C)CCc1nc(-c2cnc3ccsc3c2)no1. The molecule has 0 saturated heterocycles. The number of aromatic nitrogens is 3. The monoisotopic (exact) mass is 288 g/mol. The Morgan fingerprint density at radius 1 is 1.45 bits per heavy atom. The fourth-order valence-electron chi connectivity index (χ4n) is 1.93. The number of thiophene rings is 1. The second kappa shape index (κ2) is 5.68. The van der Waals surface area contributed by atoms with E-state index < -0.39 is 0 Å². The van der Waals surface area contributed by atoms with Crippen molar-refractivity contribution in [3.63, 3.8) is 0 Å². The zero-order valence-electron chi connectivity index (χ0n) is 11.5. The van der Waals surface area contributed by atoms with E-state index in [4.69, 9.17) is 4.52 Å². The molecule has 1 unspecified atom stereocenters. The number of hydrogen-bond acceptors (Lipinski definition) is 6. The molecule has 1 atom stereocenters. The number of hydrogen-bond donors (Lipinski definition) is 1. The lowest BCUT2D eigenvalue weighted by Gasteiger charge is -2.06. The van der Waals surface area contributed by atoms with Gasteiger partial charge in [-0.15, -0.1) is 11.3 Å². The van der Waals surface area contributed by atoms with Crippen molar-refractivity contribution in [1.82, 2.24) is 20.4 Å². The molecule has 0 aromatic carbocycles. The third kappa shape index (κ3) is 2.71. The summed E-state index contributed by atoms with van der Waals surface area (Å²) in [6, 6.07) is 4.50. The fourth-order valence-corrected chi connectivity index (χ4v) is 2.71. The van der Waals surface area contributed by atoms with E-state index in [0.717, 1.165) is 28.6 Å². The number of fused-ring (bicyclic) bond motifs is 1. The number of nitrogens with one attached hydrogen (secondary N) is 1. The Morgan fingerprint density at radius 3 is 3.20 bits per heavy atom. The van der Waals surface area contributed by atoms with Gasteiger partial charge in [0.05, 0.1) is 10.2 Å². The van der Waals surface area contributed by atoms with Gasteiger partial charge >= 0.3 is 0 Å². The summed E-state index contributed by atoms with van der Waals surface area (Å²) in [6.45, 7) is 2.13. The first-order chi connectivity index (χ1) is 9.76. The Labute approximate surface area is 121 Å². The van der Waals surface area contributed by atoms with E-state index in [-0.39, 0.29) is 0 Å². The van der Waals surface area contributed by atoms with E-state index in [2.05, 4.69) is 33.4 Å². The molecule has 0 saturated carbocycles. The van der Waals surface area contributed by atoms with Crippen molar-refractivity contribution in [2.24, 2.45) is 0 Å². The second-order valence-electron chi connectivity index (χ2n) is 4.77. The van der Waals surface area contributed by atoms with Crippen molar-refractivity contribution in [3.8, 4) is 11.4 Å². The highest BCUT2D eigenvalue weighted by Crippen LogP contribution is 2.24. The van der Waals surface area contributed by atoms with E-state index in [1.807, 2.05) is 18.5 Å². The molecule has 20 heavy (non-hydrogen) atoms. The van der Waals surface area contributed by atoms with Crippen LogP contribution in [0.5, 0.6) is 0 Å². The average molecular weight is 288 g/mol. The van der Waals surface area contributed by atoms with E-state index >= 15 is 0 Å². The molecule has 1 N–H and O–H groups in total. The average Bonchev–Trinajstić information content (AvgIpc) is 3.12. The van der Waals surface area contributed by atoms with Crippen LogP contribution in [0.2, 0.25) is 0 Å². The molecule has 3 aromatic rings. The molecule has 0 spiro atoms. The topological polar surface area (TPSA) is 63.8 Å². The predicted octanol–water partition coefficient (Wildman–Crippen LogP) is 2.89. The van der Waals surface area contributed by atoms with Gasteiger partial charge in [0.2, 0.25) is 11.7 Å². The van der Waals surface area contributed by atoms with Crippen LogP contribution in [0.25, 0.3) is 21.6 Å². The molecule has 6 heteroatoms. The molecule has 5 nitrogen and oxygen atoms in total. The highest BCUT2D eigenvalue weighted by atomic mass is 32.1. The standard InChI is InChI=1S/C14H16N4OS/c1-9(15-2)3-4-13-17-14(18-19-13)10-7-12-11(16-8-10)5-6-20-12/h5-9,15H,3-4H2,1-2H3. The van der Waals surface area contributed by atoms with Crippen LogP contribution in [0.1, 0.15) is 19.2 Å². The summed E-state index contributed by atoms with van der Waals surface area (Å²) in [6.07, 6.45) is 3.55. The Hall–Kier alpha value is -1.79. The second-order valence-corrected chi connectivity index (χ2v) is 5.72. The maximum absolute atomic E-state index is 5.29. The maximum Gasteiger partial charge on any atom is 0.227 e. The van der Waals surface area contributed by atoms with Gasteiger partial charge in [-0.2, -0.15) is 4.98 Å². The van der Waals surface area contributed by atoms with Crippen LogP contribution in [-0.2, 0) is 6.42 Å². The third-order valence-electron chi connectivity index (χ3n) is 3.31.